The maximum atomic E-state index is 13.2. The van der Waals surface area contributed by atoms with Gasteiger partial charge < -0.3 is 4.90 Å². The van der Waals surface area contributed by atoms with Crippen LogP contribution in [-0.4, -0.2) is 33.3 Å². The van der Waals surface area contributed by atoms with Crippen molar-refractivity contribution in [3.05, 3.63) is 35.3 Å². The molecule has 0 N–H and O–H groups in total. The fourth-order valence-corrected chi connectivity index (χ4v) is 1.95. The molecule has 0 radical (unpaired) electrons. The molecule has 2 aromatic heterocycles. The standard InChI is InChI=1S/C14H16F3N3O/c1-8(2)19(4)13(21)11-12(14(15,16)17)18-10-6-5-9(3)7-20(10)11/h5-8H,1-4H3. The highest BCUT2D eigenvalue weighted by Gasteiger charge is 2.40. The molecule has 114 valence electrons. The highest BCUT2D eigenvalue weighted by atomic mass is 19.4. The van der Waals surface area contributed by atoms with Crippen LogP contribution < -0.4 is 0 Å². The average molecular weight is 299 g/mol. The molecule has 2 aromatic rings. The first-order valence-corrected chi connectivity index (χ1v) is 6.46. The summed E-state index contributed by atoms with van der Waals surface area (Å²) < 4.78 is 40.7. The minimum Gasteiger partial charge on any atom is -0.338 e. The highest BCUT2D eigenvalue weighted by Crippen LogP contribution is 2.32. The van der Waals surface area contributed by atoms with E-state index in [1.54, 1.807) is 26.8 Å². The first-order chi connectivity index (χ1) is 9.62. The number of aromatic nitrogens is 2. The molecule has 4 nitrogen and oxygen atoms in total. The Morgan fingerprint density at radius 2 is 1.95 bits per heavy atom. The number of carbonyl (C=O) groups is 1. The molecule has 0 aliphatic heterocycles. The first-order valence-electron chi connectivity index (χ1n) is 6.46. The summed E-state index contributed by atoms with van der Waals surface area (Å²) in [5, 5.41) is 0. The summed E-state index contributed by atoms with van der Waals surface area (Å²) >= 11 is 0. The molecule has 0 aromatic carbocycles. The summed E-state index contributed by atoms with van der Waals surface area (Å²) in [6.45, 7) is 5.21. The molecular weight excluding hydrogens is 283 g/mol. The number of aryl methyl sites for hydroxylation is 1. The summed E-state index contributed by atoms with van der Waals surface area (Å²) in [5.41, 5.74) is -0.744. The van der Waals surface area contributed by atoms with E-state index in [4.69, 9.17) is 0 Å². The maximum absolute atomic E-state index is 13.2. The summed E-state index contributed by atoms with van der Waals surface area (Å²) in [6, 6.07) is 2.91. The second-order valence-corrected chi connectivity index (χ2v) is 5.25. The molecule has 0 unspecified atom stereocenters. The Hall–Kier alpha value is -2.05. The van der Waals surface area contributed by atoms with E-state index < -0.39 is 23.5 Å². The van der Waals surface area contributed by atoms with Gasteiger partial charge in [0, 0.05) is 19.3 Å². The molecule has 0 aliphatic carbocycles. The number of carbonyl (C=O) groups excluding carboxylic acids is 1. The van der Waals surface area contributed by atoms with Gasteiger partial charge in [-0.3, -0.25) is 9.20 Å². The molecule has 2 heterocycles. The van der Waals surface area contributed by atoms with E-state index in [1.807, 2.05) is 0 Å². The van der Waals surface area contributed by atoms with Gasteiger partial charge >= 0.3 is 6.18 Å². The van der Waals surface area contributed by atoms with Crippen LogP contribution in [0.1, 0.15) is 35.6 Å². The van der Waals surface area contributed by atoms with Gasteiger partial charge in [-0.05, 0) is 32.4 Å². The van der Waals surface area contributed by atoms with Crippen molar-refractivity contribution in [2.45, 2.75) is 33.0 Å². The van der Waals surface area contributed by atoms with E-state index in [2.05, 4.69) is 4.98 Å². The molecule has 0 bridgehead atoms. The minimum absolute atomic E-state index is 0.105. The molecule has 0 saturated carbocycles. The predicted octanol–water partition coefficient (Wildman–Crippen LogP) is 3.14. The molecule has 0 atom stereocenters. The summed E-state index contributed by atoms with van der Waals surface area (Å²) in [7, 11) is 1.47. The van der Waals surface area contributed by atoms with E-state index in [-0.39, 0.29) is 11.7 Å². The van der Waals surface area contributed by atoms with Crippen molar-refractivity contribution < 1.29 is 18.0 Å². The minimum atomic E-state index is -4.68. The molecule has 7 heteroatoms. The van der Waals surface area contributed by atoms with Crippen molar-refractivity contribution in [2.75, 3.05) is 7.05 Å². The second kappa shape index (κ2) is 5.05. The lowest BCUT2D eigenvalue weighted by Gasteiger charge is -2.22. The van der Waals surface area contributed by atoms with Crippen LogP contribution in [0.15, 0.2) is 18.3 Å². The Bertz CT molecular complexity index is 689. The van der Waals surface area contributed by atoms with Gasteiger partial charge in [0.1, 0.15) is 11.3 Å². The Morgan fingerprint density at radius 3 is 2.48 bits per heavy atom. The van der Waals surface area contributed by atoms with Gasteiger partial charge in [-0.1, -0.05) is 6.07 Å². The molecule has 21 heavy (non-hydrogen) atoms. The van der Waals surface area contributed by atoms with Crippen LogP contribution in [0.2, 0.25) is 0 Å². The zero-order chi connectivity index (χ0) is 15.9. The van der Waals surface area contributed by atoms with Crippen molar-refractivity contribution in [1.82, 2.24) is 14.3 Å². The predicted molar refractivity (Wildman–Crippen MR) is 72.2 cm³/mol. The SMILES string of the molecule is Cc1ccc2nc(C(F)(F)F)c(C(=O)N(C)C(C)C)n2c1. The lowest BCUT2D eigenvalue weighted by atomic mass is 10.2. The number of amides is 1. The lowest BCUT2D eigenvalue weighted by Crippen LogP contribution is -2.35. The van der Waals surface area contributed by atoms with Crippen molar-refractivity contribution in [3.63, 3.8) is 0 Å². The Morgan fingerprint density at radius 1 is 1.33 bits per heavy atom. The molecular formula is C14H16F3N3O. The largest absolute Gasteiger partial charge is 0.435 e. The van der Waals surface area contributed by atoms with Gasteiger partial charge in [-0.25, -0.2) is 4.98 Å². The number of alkyl halides is 3. The van der Waals surface area contributed by atoms with E-state index in [9.17, 15) is 18.0 Å². The van der Waals surface area contributed by atoms with Gasteiger partial charge in [-0.15, -0.1) is 0 Å². The normalized spacial score (nSPS) is 12.2. The van der Waals surface area contributed by atoms with E-state index in [0.717, 1.165) is 5.56 Å². The molecule has 0 aliphatic rings. The summed E-state index contributed by atoms with van der Waals surface area (Å²) in [5.74, 6) is -0.699. The van der Waals surface area contributed by atoms with Crippen LogP contribution in [0.25, 0.3) is 5.65 Å². The monoisotopic (exact) mass is 299 g/mol. The average Bonchev–Trinajstić information content (AvgIpc) is 2.75. The van der Waals surface area contributed by atoms with Crippen LogP contribution >= 0.6 is 0 Å². The molecule has 1 amide bonds. The third-order valence-electron chi connectivity index (χ3n) is 3.33. The number of pyridine rings is 1. The summed E-state index contributed by atoms with van der Waals surface area (Å²) in [6.07, 6.45) is -3.19. The number of imidazole rings is 1. The third kappa shape index (κ3) is 2.72. The van der Waals surface area contributed by atoms with Crippen LogP contribution in [0.3, 0.4) is 0 Å². The molecule has 0 saturated heterocycles. The van der Waals surface area contributed by atoms with Gasteiger partial charge in [0.15, 0.2) is 5.69 Å². The zero-order valence-electron chi connectivity index (χ0n) is 12.2. The molecule has 2 rings (SSSR count). The highest BCUT2D eigenvalue weighted by molar-refractivity contribution is 5.95. The number of rotatable bonds is 2. The third-order valence-corrected chi connectivity index (χ3v) is 3.33. The molecule has 0 fully saturated rings. The van der Waals surface area contributed by atoms with Crippen LogP contribution in [-0.2, 0) is 6.18 Å². The maximum Gasteiger partial charge on any atom is 0.435 e. The fourth-order valence-electron chi connectivity index (χ4n) is 1.95. The van der Waals surface area contributed by atoms with Crippen molar-refractivity contribution in [3.8, 4) is 0 Å². The number of hydrogen-bond acceptors (Lipinski definition) is 2. The topological polar surface area (TPSA) is 37.6 Å². The number of fused-ring (bicyclic) bond motifs is 1. The van der Waals surface area contributed by atoms with Crippen LogP contribution in [0, 0.1) is 6.92 Å². The number of nitrogens with zero attached hydrogens (tertiary/aromatic N) is 3. The lowest BCUT2D eigenvalue weighted by molar-refractivity contribution is -0.141. The van der Waals surface area contributed by atoms with Crippen molar-refractivity contribution in [1.29, 1.82) is 0 Å². The zero-order valence-corrected chi connectivity index (χ0v) is 12.2. The summed E-state index contributed by atoms with van der Waals surface area (Å²) in [4.78, 5) is 17.2. The second-order valence-electron chi connectivity index (χ2n) is 5.25. The fraction of sp³-hybridized carbons (Fsp3) is 0.429. The van der Waals surface area contributed by atoms with Gasteiger partial charge in [0.2, 0.25) is 0 Å². The Labute approximate surface area is 120 Å². The first kappa shape index (κ1) is 15.3. The van der Waals surface area contributed by atoms with Crippen LogP contribution in [0.4, 0.5) is 13.2 Å². The van der Waals surface area contributed by atoms with Gasteiger partial charge in [0.25, 0.3) is 5.91 Å². The van der Waals surface area contributed by atoms with E-state index >= 15 is 0 Å². The van der Waals surface area contributed by atoms with Gasteiger partial charge in [0.05, 0.1) is 0 Å². The smallest absolute Gasteiger partial charge is 0.338 e. The van der Waals surface area contributed by atoms with Crippen LogP contribution in [0.5, 0.6) is 0 Å². The van der Waals surface area contributed by atoms with Gasteiger partial charge in [-0.2, -0.15) is 13.2 Å². The van der Waals surface area contributed by atoms with E-state index in [0.29, 0.717) is 0 Å². The van der Waals surface area contributed by atoms with Crippen molar-refractivity contribution in [2.24, 2.45) is 0 Å². The Kier molecular flexibility index (Phi) is 3.69. The van der Waals surface area contributed by atoms with Crippen molar-refractivity contribution >= 4 is 11.6 Å². The van der Waals surface area contributed by atoms with E-state index in [1.165, 1.54) is 28.6 Å². The quantitative estimate of drug-likeness (QED) is 0.854. The Balaban J connectivity index is 2.74. The number of hydrogen-bond donors (Lipinski definition) is 0. The number of halogens is 3. The molecule has 0 spiro atoms.